The van der Waals surface area contributed by atoms with Crippen LogP contribution in [0.3, 0.4) is 0 Å². The summed E-state index contributed by atoms with van der Waals surface area (Å²) in [5, 5.41) is 0. The topological polar surface area (TPSA) is 29.5 Å². The van der Waals surface area contributed by atoms with Crippen LogP contribution in [-0.4, -0.2) is 28.7 Å². The fraction of sp³-hybridized carbons (Fsp3) is 0.611. The molecule has 0 aromatic heterocycles. The Balaban J connectivity index is 2.37. The van der Waals surface area contributed by atoms with E-state index in [0.717, 1.165) is 18.4 Å². The quantitative estimate of drug-likeness (QED) is 0.707. The minimum Gasteiger partial charge on any atom is -0.441 e. The first kappa shape index (κ1) is 15.9. The average Bonchev–Trinajstić information content (AvgIpc) is 2.68. The Morgan fingerprint density at radius 2 is 2.00 bits per heavy atom. The van der Waals surface area contributed by atoms with Gasteiger partial charge < -0.3 is 4.74 Å². The number of carbonyl (C=O) groups excluding carboxylic acids is 1. The zero-order chi connectivity index (χ0) is 15.5. The van der Waals surface area contributed by atoms with Crippen LogP contribution in [0.15, 0.2) is 36.5 Å². The zero-order valence-corrected chi connectivity index (χ0v) is 13.5. The molecule has 1 saturated carbocycles. The molecule has 0 radical (unpaired) electrons. The third-order valence-electron chi connectivity index (χ3n) is 4.45. The third-order valence-corrected chi connectivity index (χ3v) is 4.45. The first-order chi connectivity index (χ1) is 10.0. The molecule has 0 spiro atoms. The predicted molar refractivity (Wildman–Crippen MR) is 86.2 cm³/mol. The second-order valence-electron chi connectivity index (χ2n) is 6.48. The number of hydrogen-bond donors (Lipinski definition) is 0. The van der Waals surface area contributed by atoms with Gasteiger partial charge >= 0.3 is 6.09 Å². The summed E-state index contributed by atoms with van der Waals surface area (Å²) in [5.74, 6) is 0. The highest BCUT2D eigenvalue weighted by Crippen LogP contribution is 2.39. The second-order valence-corrected chi connectivity index (χ2v) is 6.48. The van der Waals surface area contributed by atoms with Crippen molar-refractivity contribution in [3.63, 3.8) is 0 Å². The number of rotatable bonds is 4. The molecule has 2 aliphatic rings. The summed E-state index contributed by atoms with van der Waals surface area (Å²) in [5.41, 5.74) is 0.581. The molecule has 0 aromatic rings. The zero-order valence-electron chi connectivity index (χ0n) is 13.5. The molecule has 116 valence electrons. The molecule has 1 atom stereocenters. The van der Waals surface area contributed by atoms with Gasteiger partial charge in [0.05, 0.1) is 6.04 Å². The average molecular weight is 289 g/mol. The van der Waals surface area contributed by atoms with Crippen molar-refractivity contribution in [2.45, 2.75) is 70.6 Å². The van der Waals surface area contributed by atoms with Gasteiger partial charge in [0, 0.05) is 6.04 Å². The van der Waals surface area contributed by atoms with Crippen LogP contribution >= 0.6 is 0 Å². The maximum Gasteiger partial charge on any atom is 0.411 e. The molecular weight excluding hydrogens is 262 g/mol. The van der Waals surface area contributed by atoms with Gasteiger partial charge in [-0.05, 0) is 39.2 Å². The molecular formula is C18H27NO2. The van der Waals surface area contributed by atoms with Crippen LogP contribution in [0.25, 0.3) is 0 Å². The van der Waals surface area contributed by atoms with Gasteiger partial charge in [-0.2, -0.15) is 0 Å². The molecule has 21 heavy (non-hydrogen) atoms. The monoisotopic (exact) mass is 289 g/mol. The van der Waals surface area contributed by atoms with Crippen molar-refractivity contribution in [2.24, 2.45) is 0 Å². The summed E-state index contributed by atoms with van der Waals surface area (Å²) in [6.45, 7) is 9.79. The minimum absolute atomic E-state index is 0.0395. The molecule has 0 N–H and O–H groups in total. The fourth-order valence-electron chi connectivity index (χ4n) is 3.62. The van der Waals surface area contributed by atoms with E-state index >= 15 is 0 Å². The normalized spacial score (nSPS) is 27.2. The molecule has 1 aliphatic heterocycles. The van der Waals surface area contributed by atoms with Crippen LogP contribution in [0.2, 0.25) is 0 Å². The number of nitrogens with zero attached hydrogens (tertiary/aromatic N) is 1. The maximum atomic E-state index is 12.4. The van der Waals surface area contributed by atoms with E-state index in [1.807, 2.05) is 37.8 Å². The Bertz CT molecular complexity index is 456. The van der Waals surface area contributed by atoms with E-state index in [2.05, 4.69) is 12.7 Å². The van der Waals surface area contributed by atoms with Crippen molar-refractivity contribution >= 4 is 6.09 Å². The van der Waals surface area contributed by atoms with Gasteiger partial charge in [0.2, 0.25) is 0 Å². The van der Waals surface area contributed by atoms with Gasteiger partial charge in [-0.1, -0.05) is 50.1 Å². The first-order valence-corrected chi connectivity index (χ1v) is 7.98. The summed E-state index contributed by atoms with van der Waals surface area (Å²) >= 11 is 0. The molecule has 0 bridgehead atoms. The van der Waals surface area contributed by atoms with Crippen molar-refractivity contribution in [1.29, 1.82) is 0 Å². The number of allylic oxidation sites excluding steroid dienone is 3. The molecule has 1 heterocycles. The van der Waals surface area contributed by atoms with Gasteiger partial charge in [-0.3, -0.25) is 4.90 Å². The predicted octanol–water partition coefficient (Wildman–Crippen LogP) is 4.61. The molecule has 1 amide bonds. The Hall–Kier alpha value is -1.51. The van der Waals surface area contributed by atoms with Crippen LogP contribution in [-0.2, 0) is 4.74 Å². The molecule has 3 nitrogen and oxygen atoms in total. The van der Waals surface area contributed by atoms with Crippen LogP contribution in [0, 0.1) is 0 Å². The molecule has 2 fully saturated rings. The summed E-state index contributed by atoms with van der Waals surface area (Å²) in [6.07, 6.45) is 13.5. The first-order valence-electron chi connectivity index (χ1n) is 7.98. The van der Waals surface area contributed by atoms with Crippen molar-refractivity contribution < 1.29 is 9.53 Å². The second kappa shape index (κ2) is 6.50. The van der Waals surface area contributed by atoms with Gasteiger partial charge in [-0.15, -0.1) is 0 Å². The third kappa shape index (κ3) is 3.22. The van der Waals surface area contributed by atoms with Gasteiger partial charge in [0.1, 0.15) is 5.60 Å². The fourth-order valence-corrected chi connectivity index (χ4v) is 3.62. The van der Waals surface area contributed by atoms with Crippen molar-refractivity contribution in [3.05, 3.63) is 36.5 Å². The van der Waals surface area contributed by atoms with E-state index in [0.29, 0.717) is 6.04 Å². The van der Waals surface area contributed by atoms with E-state index in [9.17, 15) is 4.79 Å². The molecule has 1 saturated heterocycles. The van der Waals surface area contributed by atoms with Gasteiger partial charge in [0.25, 0.3) is 0 Å². The summed E-state index contributed by atoms with van der Waals surface area (Å²) < 4.78 is 5.68. The van der Waals surface area contributed by atoms with E-state index in [1.165, 1.54) is 19.3 Å². The number of ether oxygens (including phenoxy) is 1. The molecule has 1 aliphatic carbocycles. The van der Waals surface area contributed by atoms with Gasteiger partial charge in [-0.25, -0.2) is 4.79 Å². The van der Waals surface area contributed by atoms with Gasteiger partial charge in [0.15, 0.2) is 0 Å². The Labute approximate surface area is 128 Å². The highest BCUT2D eigenvalue weighted by Gasteiger charge is 2.51. The number of amides is 1. The smallest absolute Gasteiger partial charge is 0.411 e. The molecule has 2 rings (SSSR count). The van der Waals surface area contributed by atoms with Crippen LogP contribution in [0.4, 0.5) is 4.79 Å². The molecule has 3 heteroatoms. The molecule has 1 unspecified atom stereocenters. The highest BCUT2D eigenvalue weighted by atomic mass is 16.6. The minimum atomic E-state index is -0.511. The lowest BCUT2D eigenvalue weighted by Gasteiger charge is -2.36. The van der Waals surface area contributed by atoms with Crippen LogP contribution < -0.4 is 0 Å². The van der Waals surface area contributed by atoms with Crippen molar-refractivity contribution in [3.8, 4) is 0 Å². The summed E-state index contributed by atoms with van der Waals surface area (Å²) in [7, 11) is 0. The summed E-state index contributed by atoms with van der Waals surface area (Å²) in [4.78, 5) is 14.4. The maximum absolute atomic E-state index is 12.4. The Morgan fingerprint density at radius 1 is 1.33 bits per heavy atom. The van der Waals surface area contributed by atoms with E-state index in [1.54, 1.807) is 6.08 Å². The van der Waals surface area contributed by atoms with Crippen molar-refractivity contribution in [1.82, 2.24) is 4.90 Å². The highest BCUT2D eigenvalue weighted by molar-refractivity contribution is 5.73. The standard InChI is InChI=1S/C18H27NO2/c1-5-10-14(11-6-2)16-18(3,4)21-17(20)19(16)15-12-8-7-9-13-15/h5-6,10-11,15-16H,1,7-9,12-13H2,2-4H3/b11-6-,14-10+. The SMILES string of the molecule is C=C/C=C(\C=C/C)C1N(C2CCCCC2)C(=O)OC1(C)C. The van der Waals surface area contributed by atoms with Crippen LogP contribution in [0.1, 0.15) is 52.9 Å². The number of cyclic esters (lactones) is 1. The molecule has 0 aromatic carbocycles. The Kier molecular flexibility index (Phi) is 4.92. The Morgan fingerprint density at radius 3 is 2.57 bits per heavy atom. The van der Waals surface area contributed by atoms with Crippen LogP contribution in [0.5, 0.6) is 0 Å². The lowest BCUT2D eigenvalue weighted by molar-refractivity contribution is 0.0751. The van der Waals surface area contributed by atoms with E-state index < -0.39 is 5.60 Å². The lowest BCUT2D eigenvalue weighted by Crippen LogP contribution is -2.48. The number of carbonyl (C=O) groups is 1. The lowest BCUT2D eigenvalue weighted by atomic mass is 9.87. The summed E-state index contributed by atoms with van der Waals surface area (Å²) in [6, 6.07) is 0.263. The number of hydrogen-bond acceptors (Lipinski definition) is 2. The van der Waals surface area contributed by atoms with Crippen molar-refractivity contribution in [2.75, 3.05) is 0 Å². The largest absolute Gasteiger partial charge is 0.441 e. The van der Waals surface area contributed by atoms with E-state index in [4.69, 9.17) is 4.74 Å². The van der Waals surface area contributed by atoms with E-state index in [-0.39, 0.29) is 12.1 Å².